The number of allylic oxidation sites excluding steroid dienone is 3. The van der Waals surface area contributed by atoms with Gasteiger partial charge in [0, 0.05) is 42.9 Å². The number of nitrogens with zero attached hydrogens (tertiary/aromatic N) is 3. The molecule has 66 heavy (non-hydrogen) atoms. The van der Waals surface area contributed by atoms with Gasteiger partial charge in [0.15, 0.2) is 0 Å². The van der Waals surface area contributed by atoms with Crippen LogP contribution in [0.1, 0.15) is 72.6 Å². The van der Waals surface area contributed by atoms with Crippen molar-refractivity contribution in [2.24, 2.45) is 4.99 Å². The van der Waals surface area contributed by atoms with Crippen LogP contribution in [0, 0.1) is 0 Å². The van der Waals surface area contributed by atoms with Gasteiger partial charge in [0.25, 0.3) is 0 Å². The van der Waals surface area contributed by atoms with Crippen molar-refractivity contribution in [3.63, 3.8) is 0 Å². The summed E-state index contributed by atoms with van der Waals surface area (Å²) in [6.07, 6.45) is 9.47. The zero-order valence-electron chi connectivity index (χ0n) is 37.1. The molecule has 1 N–H and O–H groups in total. The van der Waals surface area contributed by atoms with E-state index in [1.807, 2.05) is 11.3 Å². The van der Waals surface area contributed by atoms with E-state index >= 15 is 0 Å². The third-order valence-electron chi connectivity index (χ3n) is 14.0. The predicted molar refractivity (Wildman–Crippen MR) is 277 cm³/mol. The Kier molecular flexibility index (Phi) is 10.2. The van der Waals surface area contributed by atoms with Gasteiger partial charge in [-0.3, -0.25) is 4.99 Å². The van der Waals surface area contributed by atoms with Crippen LogP contribution in [0.3, 0.4) is 0 Å². The Morgan fingerprint density at radius 3 is 2.00 bits per heavy atom. The van der Waals surface area contributed by atoms with E-state index in [1.54, 1.807) is 0 Å². The van der Waals surface area contributed by atoms with Gasteiger partial charge in [-0.25, -0.2) is 9.97 Å². The summed E-state index contributed by atoms with van der Waals surface area (Å²) in [6, 6.07) is 63.8. The zero-order valence-corrected chi connectivity index (χ0v) is 37.9. The minimum atomic E-state index is -0.131. The van der Waals surface area contributed by atoms with Gasteiger partial charge in [0.05, 0.1) is 11.4 Å². The number of hydrogen-bond acceptors (Lipinski definition) is 5. The largest absolute Gasteiger partial charge is 0.340 e. The van der Waals surface area contributed by atoms with Crippen molar-refractivity contribution in [2.75, 3.05) is 0 Å². The van der Waals surface area contributed by atoms with Crippen LogP contribution >= 0.6 is 11.3 Å². The molecule has 3 unspecified atom stereocenters. The van der Waals surface area contributed by atoms with E-state index < -0.39 is 0 Å². The molecule has 3 heterocycles. The summed E-state index contributed by atoms with van der Waals surface area (Å²) in [5.41, 5.74) is 17.8. The van der Waals surface area contributed by atoms with Crippen LogP contribution in [-0.2, 0) is 6.42 Å². The number of hydrogen-bond donors (Lipinski definition) is 1. The fourth-order valence-corrected chi connectivity index (χ4v) is 11.6. The molecule has 0 radical (unpaired) electrons. The second-order valence-electron chi connectivity index (χ2n) is 17.9. The van der Waals surface area contributed by atoms with Gasteiger partial charge >= 0.3 is 0 Å². The van der Waals surface area contributed by atoms with Crippen LogP contribution in [-0.4, -0.2) is 15.8 Å². The second kappa shape index (κ2) is 16.8. The van der Waals surface area contributed by atoms with E-state index in [-0.39, 0.29) is 17.9 Å². The summed E-state index contributed by atoms with van der Waals surface area (Å²) in [5, 5.41) is 6.36. The Hall–Kier alpha value is -7.47. The molecule has 7 aromatic carbocycles. The van der Waals surface area contributed by atoms with E-state index in [4.69, 9.17) is 15.0 Å². The molecule has 0 saturated carbocycles. The van der Waals surface area contributed by atoms with Gasteiger partial charge in [-0.15, -0.1) is 11.3 Å². The van der Waals surface area contributed by atoms with Crippen LogP contribution in [0.15, 0.2) is 210 Å². The van der Waals surface area contributed by atoms with Gasteiger partial charge in [0.1, 0.15) is 17.7 Å². The Bertz CT molecular complexity index is 3390. The average Bonchev–Trinajstić information content (AvgIpc) is 3.71. The first-order valence-electron chi connectivity index (χ1n) is 23.2. The predicted octanol–water partition coefficient (Wildman–Crippen LogP) is 15.7. The summed E-state index contributed by atoms with van der Waals surface area (Å²) < 4.78 is 2.57. The molecule has 0 spiro atoms. The molecule has 0 saturated heterocycles. The molecule has 318 valence electrons. The Labute approximate surface area is 390 Å². The third-order valence-corrected chi connectivity index (χ3v) is 15.1. The quantitative estimate of drug-likeness (QED) is 0.174. The lowest BCUT2D eigenvalue weighted by Crippen LogP contribution is -2.30. The Morgan fingerprint density at radius 1 is 0.591 bits per heavy atom. The number of thiophene rings is 1. The summed E-state index contributed by atoms with van der Waals surface area (Å²) >= 11 is 1.87. The van der Waals surface area contributed by atoms with Gasteiger partial charge in [-0.2, -0.15) is 0 Å². The minimum Gasteiger partial charge on any atom is -0.340 e. The zero-order chi connectivity index (χ0) is 44.1. The lowest BCUT2D eigenvalue weighted by Gasteiger charge is -2.29. The number of aliphatic imine (C=N–C) groups is 1. The van der Waals surface area contributed by atoms with Crippen LogP contribution in [0.5, 0.6) is 0 Å². The molecule has 4 nitrogen and oxygen atoms in total. The van der Waals surface area contributed by atoms with E-state index in [1.165, 1.54) is 75.8 Å². The van der Waals surface area contributed by atoms with Gasteiger partial charge < -0.3 is 5.32 Å². The molecule has 12 rings (SSSR count). The molecule has 3 atom stereocenters. The minimum absolute atomic E-state index is 0.0697. The van der Waals surface area contributed by atoms with Crippen LogP contribution in [0.25, 0.3) is 70.6 Å². The fraction of sp³-hybridized carbons (Fsp3) is 0.131. The SMILES string of the molecule is CC1=C(c2ccccc2)NC(C2=CC=CCC2)=NC1c1cccc2sc3ccc(-c4ccc5c(c4)-c4ccccc4CC(c4nc(-c6ccccc6)cc(-c6ccccc6)n4)C5C)cc3c12. The summed E-state index contributed by atoms with van der Waals surface area (Å²) in [7, 11) is 0. The highest BCUT2D eigenvalue weighted by atomic mass is 32.1. The van der Waals surface area contributed by atoms with E-state index in [2.05, 4.69) is 213 Å². The summed E-state index contributed by atoms with van der Waals surface area (Å²) in [6.45, 7) is 4.62. The van der Waals surface area contributed by atoms with Crippen LogP contribution in [0.4, 0.5) is 0 Å². The lowest BCUT2D eigenvalue weighted by molar-refractivity contribution is 0.549. The normalized spacial score (nSPS) is 18.0. The maximum atomic E-state index is 5.54. The summed E-state index contributed by atoms with van der Waals surface area (Å²) in [4.78, 5) is 16.3. The maximum absolute atomic E-state index is 5.54. The van der Waals surface area contributed by atoms with Crippen molar-refractivity contribution in [3.05, 3.63) is 233 Å². The van der Waals surface area contributed by atoms with E-state index in [9.17, 15) is 0 Å². The highest BCUT2D eigenvalue weighted by Gasteiger charge is 2.32. The summed E-state index contributed by atoms with van der Waals surface area (Å²) in [5.74, 6) is 2.09. The van der Waals surface area contributed by atoms with Crippen molar-refractivity contribution in [3.8, 4) is 44.8 Å². The van der Waals surface area contributed by atoms with Crippen molar-refractivity contribution in [1.82, 2.24) is 15.3 Å². The number of benzene rings is 7. The van der Waals surface area contributed by atoms with Crippen molar-refractivity contribution in [2.45, 2.75) is 51.0 Å². The molecule has 0 fully saturated rings. The first-order valence-corrected chi connectivity index (χ1v) is 24.0. The molecular formula is C61H48N4S. The smallest absolute Gasteiger partial charge is 0.133 e. The van der Waals surface area contributed by atoms with Gasteiger partial charge in [0.2, 0.25) is 0 Å². The van der Waals surface area contributed by atoms with Crippen molar-refractivity contribution < 1.29 is 0 Å². The topological polar surface area (TPSA) is 50.2 Å². The van der Waals surface area contributed by atoms with Crippen LogP contribution < -0.4 is 5.32 Å². The molecular weight excluding hydrogens is 821 g/mol. The number of nitrogens with one attached hydrogen (secondary N) is 1. The molecule has 2 aromatic heterocycles. The molecule has 5 heteroatoms. The molecule has 0 amide bonds. The van der Waals surface area contributed by atoms with E-state index in [0.717, 1.165) is 59.1 Å². The molecule has 0 bridgehead atoms. The van der Waals surface area contributed by atoms with E-state index in [0.29, 0.717) is 0 Å². The Morgan fingerprint density at radius 2 is 1.27 bits per heavy atom. The van der Waals surface area contributed by atoms with Gasteiger partial charge in [-0.1, -0.05) is 171 Å². The van der Waals surface area contributed by atoms with Crippen molar-refractivity contribution in [1.29, 1.82) is 0 Å². The van der Waals surface area contributed by atoms with Gasteiger partial charge in [-0.05, 0) is 118 Å². The highest BCUT2D eigenvalue weighted by Crippen LogP contribution is 2.48. The molecule has 1 aliphatic heterocycles. The second-order valence-corrected chi connectivity index (χ2v) is 19.0. The Balaban J connectivity index is 0.970. The highest BCUT2D eigenvalue weighted by molar-refractivity contribution is 7.25. The number of rotatable bonds is 7. The molecule has 3 aliphatic rings. The lowest BCUT2D eigenvalue weighted by atomic mass is 9.83. The monoisotopic (exact) mass is 868 g/mol. The number of fused-ring (bicyclic) bond motifs is 6. The molecule has 2 aliphatic carbocycles. The van der Waals surface area contributed by atoms with Crippen LogP contribution in [0.2, 0.25) is 0 Å². The standard InChI is InChI=1S/C61H48N4S/c1-38-47-32-30-44(34-51(47)48-27-16-15-26-46(48)36-50(38)61-62-53(40-18-7-3-8-19-40)37-54(63-61)41-20-9-4-10-21-41)45-31-33-55-52(35-45)57-49(28-17-29-56(57)66-55)59-39(2)58(42-22-11-5-12-23-42)64-60(65-59)43-24-13-6-14-25-43/h3-13,15-24,26-35,37-38,50,59H,14,25,36H2,1-2H3,(H,64,65). The first-order chi connectivity index (χ1) is 32.5. The molecule has 9 aromatic rings. The maximum Gasteiger partial charge on any atom is 0.133 e. The number of aromatic nitrogens is 2. The van der Waals surface area contributed by atoms with Crippen molar-refractivity contribution >= 4 is 43.0 Å². The fourth-order valence-electron chi connectivity index (χ4n) is 10.5. The first kappa shape index (κ1) is 40.1. The number of amidine groups is 1. The average molecular weight is 869 g/mol. The third kappa shape index (κ3) is 7.21.